The summed E-state index contributed by atoms with van der Waals surface area (Å²) >= 11 is 12.1. The van der Waals surface area contributed by atoms with Gasteiger partial charge in [-0.05, 0) is 41.9 Å². The van der Waals surface area contributed by atoms with Crippen LogP contribution >= 0.6 is 23.2 Å². The van der Waals surface area contributed by atoms with Gasteiger partial charge in [0.1, 0.15) is 10.8 Å². The quantitative estimate of drug-likeness (QED) is 0.209. The van der Waals surface area contributed by atoms with E-state index in [1.54, 1.807) is 42.5 Å². The van der Waals surface area contributed by atoms with E-state index in [9.17, 15) is 9.59 Å². The molecule has 5 rings (SSSR count). The molecule has 8 nitrogen and oxygen atoms in total. The summed E-state index contributed by atoms with van der Waals surface area (Å²) in [7, 11) is 0. The van der Waals surface area contributed by atoms with E-state index in [2.05, 4.69) is 9.97 Å². The van der Waals surface area contributed by atoms with Gasteiger partial charge in [0.2, 0.25) is 11.6 Å². The molecule has 0 N–H and O–H groups in total. The van der Waals surface area contributed by atoms with Gasteiger partial charge in [-0.1, -0.05) is 48.0 Å². The van der Waals surface area contributed by atoms with Gasteiger partial charge in [0, 0.05) is 6.20 Å². The minimum absolute atomic E-state index is 0.0752. The average Bonchev–Trinajstić information content (AvgIpc) is 3.41. The highest BCUT2D eigenvalue weighted by atomic mass is 35.5. The zero-order valence-electron chi connectivity index (χ0n) is 17.8. The molecule has 0 saturated carbocycles. The SMILES string of the molecule is O=C(O[C@H]1O[C@@H](n2ccc3c(Cl)nc(Cl)nc32)[C@@H](F)[C@@H]1OC(=O)c1ccccc1)c1ccccc1. The van der Waals surface area contributed by atoms with E-state index in [1.807, 2.05) is 0 Å². The van der Waals surface area contributed by atoms with E-state index in [-0.39, 0.29) is 27.2 Å². The molecule has 0 spiro atoms. The van der Waals surface area contributed by atoms with E-state index >= 15 is 4.39 Å². The number of aromatic nitrogens is 3. The lowest BCUT2D eigenvalue weighted by Gasteiger charge is -2.19. The lowest BCUT2D eigenvalue weighted by Crippen LogP contribution is -2.36. The number of rotatable bonds is 5. The summed E-state index contributed by atoms with van der Waals surface area (Å²) in [5.41, 5.74) is 0.626. The molecule has 3 heterocycles. The molecule has 11 heteroatoms. The Kier molecular flexibility index (Phi) is 6.38. The van der Waals surface area contributed by atoms with Crippen molar-refractivity contribution in [2.75, 3.05) is 0 Å². The standard InChI is InChI=1S/C24H16Cl2FN3O5/c25-18-15-11-12-30(19(15)29-24(26)28-18)20-16(27)17(33-21(31)13-7-3-1-4-8-13)23(34-20)35-22(32)14-9-5-2-6-10-14/h1-12,16-17,20,23H/t16-,17-,20+,23+/m0/s1. The molecule has 178 valence electrons. The monoisotopic (exact) mass is 515 g/mol. The number of alkyl halides is 1. The highest BCUT2D eigenvalue weighted by Gasteiger charge is 2.51. The zero-order valence-corrected chi connectivity index (χ0v) is 19.3. The molecule has 0 aliphatic carbocycles. The van der Waals surface area contributed by atoms with Crippen LogP contribution in [0.4, 0.5) is 4.39 Å². The molecule has 0 bridgehead atoms. The van der Waals surface area contributed by atoms with E-state index in [1.165, 1.54) is 35.0 Å². The Balaban J connectivity index is 1.47. The maximum absolute atomic E-state index is 15.8. The number of hydrogen-bond acceptors (Lipinski definition) is 7. The fraction of sp³-hybridized carbons (Fsp3) is 0.167. The third-order valence-corrected chi connectivity index (χ3v) is 5.84. The van der Waals surface area contributed by atoms with Gasteiger partial charge in [-0.3, -0.25) is 0 Å². The number of fused-ring (bicyclic) bond motifs is 1. The molecule has 4 atom stereocenters. The van der Waals surface area contributed by atoms with Gasteiger partial charge in [0.25, 0.3) is 0 Å². The third-order valence-electron chi connectivity index (χ3n) is 5.39. The smallest absolute Gasteiger partial charge is 0.340 e. The molecule has 4 aromatic rings. The largest absolute Gasteiger partial charge is 0.449 e. The number of nitrogens with zero attached hydrogens (tertiary/aromatic N) is 3. The van der Waals surface area contributed by atoms with Crippen LogP contribution in [-0.2, 0) is 14.2 Å². The van der Waals surface area contributed by atoms with Gasteiger partial charge in [-0.25, -0.2) is 19.0 Å². The highest BCUT2D eigenvalue weighted by Crippen LogP contribution is 2.38. The van der Waals surface area contributed by atoms with Crippen molar-refractivity contribution in [1.82, 2.24) is 14.5 Å². The van der Waals surface area contributed by atoms with Crippen molar-refractivity contribution in [3.05, 3.63) is 94.5 Å². The second-order valence-electron chi connectivity index (χ2n) is 7.59. The lowest BCUT2D eigenvalue weighted by molar-refractivity contribution is -0.147. The third kappa shape index (κ3) is 4.58. The maximum Gasteiger partial charge on any atom is 0.340 e. The number of benzene rings is 2. The van der Waals surface area contributed by atoms with E-state index in [0.717, 1.165) is 0 Å². The number of esters is 2. The summed E-state index contributed by atoms with van der Waals surface area (Å²) in [6, 6.07) is 17.7. The van der Waals surface area contributed by atoms with Crippen molar-refractivity contribution >= 4 is 46.2 Å². The van der Waals surface area contributed by atoms with Gasteiger partial charge in [-0.2, -0.15) is 4.98 Å². The molecule has 0 radical (unpaired) electrons. The first-order valence-electron chi connectivity index (χ1n) is 10.4. The molecule has 1 aliphatic heterocycles. The van der Waals surface area contributed by atoms with Gasteiger partial charge in [-0.15, -0.1) is 0 Å². The number of ether oxygens (including phenoxy) is 3. The van der Waals surface area contributed by atoms with Crippen LogP contribution in [0.3, 0.4) is 0 Å². The second-order valence-corrected chi connectivity index (χ2v) is 8.29. The van der Waals surface area contributed by atoms with Crippen LogP contribution in [0.1, 0.15) is 26.9 Å². The molecular weight excluding hydrogens is 500 g/mol. The molecule has 2 aromatic carbocycles. The topological polar surface area (TPSA) is 92.5 Å². The molecule has 1 fully saturated rings. The Morgan fingerprint density at radius 2 is 1.49 bits per heavy atom. The van der Waals surface area contributed by atoms with Crippen molar-refractivity contribution < 1.29 is 28.2 Å². The summed E-state index contributed by atoms with van der Waals surface area (Å²) in [6.07, 6.45) is -4.92. The molecular formula is C24H16Cl2FN3O5. The molecule has 1 saturated heterocycles. The van der Waals surface area contributed by atoms with Crippen LogP contribution in [0.15, 0.2) is 72.9 Å². The fourth-order valence-corrected chi connectivity index (χ4v) is 4.16. The fourth-order valence-electron chi connectivity index (χ4n) is 3.73. The Hall–Kier alpha value is -3.53. The molecule has 35 heavy (non-hydrogen) atoms. The van der Waals surface area contributed by atoms with Crippen molar-refractivity contribution in [2.45, 2.75) is 24.8 Å². The van der Waals surface area contributed by atoms with Crippen LogP contribution in [0, 0.1) is 0 Å². The number of carbonyl (C=O) groups is 2. The minimum atomic E-state index is -1.93. The van der Waals surface area contributed by atoms with Crippen molar-refractivity contribution in [1.29, 1.82) is 0 Å². The lowest BCUT2D eigenvalue weighted by atomic mass is 10.2. The van der Waals surface area contributed by atoms with Gasteiger partial charge in [0.15, 0.2) is 18.5 Å². The molecule has 0 amide bonds. The summed E-state index contributed by atoms with van der Waals surface area (Å²) < 4.78 is 33.8. The summed E-state index contributed by atoms with van der Waals surface area (Å²) in [6.45, 7) is 0. The minimum Gasteiger partial charge on any atom is -0.449 e. The van der Waals surface area contributed by atoms with Gasteiger partial charge >= 0.3 is 11.9 Å². The Morgan fingerprint density at radius 3 is 2.11 bits per heavy atom. The summed E-state index contributed by atoms with van der Waals surface area (Å²) in [5.74, 6) is -1.57. The zero-order chi connectivity index (χ0) is 24.5. The average molecular weight is 516 g/mol. The van der Waals surface area contributed by atoms with Crippen LogP contribution in [0.5, 0.6) is 0 Å². The normalized spacial score (nSPS) is 21.7. The van der Waals surface area contributed by atoms with Crippen LogP contribution in [0.2, 0.25) is 10.4 Å². The Bertz CT molecular complexity index is 1390. The first-order valence-corrected chi connectivity index (χ1v) is 11.2. The Labute approximate surface area is 208 Å². The summed E-state index contributed by atoms with van der Waals surface area (Å²) in [5, 5.41) is 0.343. The predicted molar refractivity (Wildman–Crippen MR) is 124 cm³/mol. The number of hydrogen-bond donors (Lipinski definition) is 0. The second kappa shape index (κ2) is 9.61. The summed E-state index contributed by atoms with van der Waals surface area (Å²) in [4.78, 5) is 33.4. The number of carbonyl (C=O) groups excluding carboxylic acids is 2. The maximum atomic E-state index is 15.8. The highest BCUT2D eigenvalue weighted by molar-refractivity contribution is 6.35. The van der Waals surface area contributed by atoms with E-state index in [4.69, 9.17) is 37.4 Å². The van der Waals surface area contributed by atoms with Crippen molar-refractivity contribution in [3.63, 3.8) is 0 Å². The van der Waals surface area contributed by atoms with Crippen LogP contribution in [-0.4, -0.2) is 45.0 Å². The molecule has 1 aliphatic rings. The van der Waals surface area contributed by atoms with Crippen LogP contribution < -0.4 is 0 Å². The van der Waals surface area contributed by atoms with E-state index < -0.39 is 36.7 Å². The van der Waals surface area contributed by atoms with Gasteiger partial charge < -0.3 is 18.8 Å². The Morgan fingerprint density at radius 1 is 0.886 bits per heavy atom. The van der Waals surface area contributed by atoms with E-state index in [0.29, 0.717) is 5.39 Å². The van der Waals surface area contributed by atoms with Crippen molar-refractivity contribution in [2.24, 2.45) is 0 Å². The predicted octanol–water partition coefficient (Wildman–Crippen LogP) is 5.01. The van der Waals surface area contributed by atoms with Gasteiger partial charge in [0.05, 0.1) is 16.5 Å². The number of halogens is 3. The molecule has 0 unspecified atom stereocenters. The first kappa shape index (κ1) is 23.2. The van der Waals surface area contributed by atoms with Crippen LogP contribution in [0.25, 0.3) is 11.0 Å². The van der Waals surface area contributed by atoms with Crippen molar-refractivity contribution in [3.8, 4) is 0 Å². The first-order chi connectivity index (χ1) is 16.9. The molecule has 2 aromatic heterocycles.